The fourth-order valence-electron chi connectivity index (χ4n) is 1.46. The number of Topliss-reactive ketones (excluding diaryl/α,β-unsaturated/α-hetero) is 1. The number of hydrogen-bond donors (Lipinski definition) is 0. The topological polar surface area (TPSA) is 29.4 Å². The molecule has 0 spiro atoms. The fraction of sp³-hybridized carbons (Fsp3) is 0.692. The van der Waals surface area contributed by atoms with Gasteiger partial charge in [0.2, 0.25) is 0 Å². The Bertz CT molecular complexity index is 251. The Morgan fingerprint density at radius 1 is 1.20 bits per heavy atom. The SMILES string of the molecule is CCCCCC/C(C)=C/C(=NC)C(C)=O. The van der Waals surface area contributed by atoms with Crippen molar-refractivity contribution in [3.05, 3.63) is 11.6 Å². The number of unbranched alkanes of at least 4 members (excludes halogenated alkanes) is 3. The molecule has 0 aliphatic heterocycles. The lowest BCUT2D eigenvalue weighted by molar-refractivity contribution is -0.111. The van der Waals surface area contributed by atoms with Gasteiger partial charge in [-0.2, -0.15) is 0 Å². The van der Waals surface area contributed by atoms with Crippen LogP contribution in [0.25, 0.3) is 0 Å². The van der Waals surface area contributed by atoms with Crippen LogP contribution in [0.1, 0.15) is 52.9 Å². The van der Waals surface area contributed by atoms with Crippen molar-refractivity contribution in [2.75, 3.05) is 7.05 Å². The minimum Gasteiger partial charge on any atom is -0.293 e. The van der Waals surface area contributed by atoms with E-state index in [2.05, 4.69) is 18.8 Å². The van der Waals surface area contributed by atoms with Gasteiger partial charge >= 0.3 is 0 Å². The number of ketones is 1. The molecular formula is C13H23NO. The van der Waals surface area contributed by atoms with E-state index < -0.39 is 0 Å². The van der Waals surface area contributed by atoms with Crippen molar-refractivity contribution in [1.29, 1.82) is 0 Å². The molecule has 0 aliphatic carbocycles. The van der Waals surface area contributed by atoms with Crippen molar-refractivity contribution in [3.63, 3.8) is 0 Å². The van der Waals surface area contributed by atoms with Crippen LogP contribution in [0.5, 0.6) is 0 Å². The molecule has 0 aromatic heterocycles. The maximum absolute atomic E-state index is 11.1. The maximum atomic E-state index is 11.1. The van der Waals surface area contributed by atoms with Gasteiger partial charge in [-0.25, -0.2) is 0 Å². The third-order valence-corrected chi connectivity index (χ3v) is 2.41. The molecule has 15 heavy (non-hydrogen) atoms. The molecule has 0 N–H and O–H groups in total. The van der Waals surface area contributed by atoms with Crippen molar-refractivity contribution >= 4 is 11.5 Å². The molecule has 0 saturated heterocycles. The van der Waals surface area contributed by atoms with Crippen LogP contribution >= 0.6 is 0 Å². The summed E-state index contributed by atoms with van der Waals surface area (Å²) in [5, 5.41) is 0. The molecule has 0 aromatic carbocycles. The van der Waals surface area contributed by atoms with E-state index in [-0.39, 0.29) is 5.78 Å². The number of rotatable bonds is 7. The third-order valence-electron chi connectivity index (χ3n) is 2.41. The summed E-state index contributed by atoms with van der Waals surface area (Å²) < 4.78 is 0. The molecule has 0 fully saturated rings. The lowest BCUT2D eigenvalue weighted by Gasteiger charge is -2.01. The summed E-state index contributed by atoms with van der Waals surface area (Å²) in [4.78, 5) is 15.1. The van der Waals surface area contributed by atoms with E-state index in [4.69, 9.17) is 0 Å². The Hall–Kier alpha value is -0.920. The molecule has 0 aromatic rings. The fourth-order valence-corrected chi connectivity index (χ4v) is 1.46. The Morgan fingerprint density at radius 2 is 1.87 bits per heavy atom. The monoisotopic (exact) mass is 209 g/mol. The van der Waals surface area contributed by atoms with E-state index in [1.54, 1.807) is 14.0 Å². The molecule has 0 saturated carbocycles. The predicted octanol–water partition coefficient (Wildman–Crippen LogP) is 3.56. The highest BCUT2D eigenvalue weighted by Gasteiger charge is 2.01. The van der Waals surface area contributed by atoms with Gasteiger partial charge in [0.15, 0.2) is 5.78 Å². The van der Waals surface area contributed by atoms with Crippen molar-refractivity contribution in [3.8, 4) is 0 Å². The number of hydrogen-bond acceptors (Lipinski definition) is 2. The lowest BCUT2D eigenvalue weighted by Crippen LogP contribution is -2.06. The number of carbonyl (C=O) groups excluding carboxylic acids is 1. The van der Waals surface area contributed by atoms with Gasteiger partial charge in [-0.3, -0.25) is 9.79 Å². The highest BCUT2D eigenvalue weighted by molar-refractivity contribution is 6.43. The number of allylic oxidation sites excluding steroid dienone is 2. The van der Waals surface area contributed by atoms with Crippen molar-refractivity contribution < 1.29 is 4.79 Å². The summed E-state index contributed by atoms with van der Waals surface area (Å²) in [7, 11) is 1.66. The average Bonchev–Trinajstić information content (AvgIpc) is 2.20. The molecule has 0 rings (SSSR count). The van der Waals surface area contributed by atoms with E-state index in [9.17, 15) is 4.79 Å². The molecule has 0 heterocycles. The minimum atomic E-state index is 0.0467. The predicted molar refractivity (Wildman–Crippen MR) is 66.6 cm³/mol. The zero-order valence-electron chi connectivity index (χ0n) is 10.5. The number of carbonyl (C=O) groups is 1. The van der Waals surface area contributed by atoms with E-state index >= 15 is 0 Å². The number of nitrogens with zero attached hydrogens (tertiary/aromatic N) is 1. The maximum Gasteiger partial charge on any atom is 0.177 e. The van der Waals surface area contributed by atoms with Gasteiger partial charge in [-0.15, -0.1) is 0 Å². The van der Waals surface area contributed by atoms with Crippen molar-refractivity contribution in [1.82, 2.24) is 0 Å². The quantitative estimate of drug-likeness (QED) is 0.465. The Balaban J connectivity index is 4.02. The van der Waals surface area contributed by atoms with Gasteiger partial charge in [-0.05, 0) is 25.8 Å². The summed E-state index contributed by atoms with van der Waals surface area (Å²) in [6.07, 6.45) is 8.04. The molecule has 0 radical (unpaired) electrons. The van der Waals surface area contributed by atoms with Gasteiger partial charge in [0, 0.05) is 14.0 Å². The molecule has 0 unspecified atom stereocenters. The summed E-state index contributed by atoms with van der Waals surface area (Å²) in [6, 6.07) is 0. The molecule has 0 amide bonds. The van der Waals surface area contributed by atoms with Crippen LogP contribution in [-0.2, 0) is 4.79 Å². The summed E-state index contributed by atoms with van der Waals surface area (Å²) in [5.41, 5.74) is 1.84. The Kier molecular flexibility index (Phi) is 7.88. The second-order valence-electron chi connectivity index (χ2n) is 3.97. The smallest absolute Gasteiger partial charge is 0.177 e. The van der Waals surface area contributed by atoms with E-state index in [1.807, 2.05) is 6.08 Å². The molecule has 0 atom stereocenters. The van der Waals surface area contributed by atoms with Crippen LogP contribution in [0.15, 0.2) is 16.6 Å². The van der Waals surface area contributed by atoms with E-state index in [0.29, 0.717) is 5.71 Å². The van der Waals surface area contributed by atoms with Crippen molar-refractivity contribution in [2.24, 2.45) is 4.99 Å². The van der Waals surface area contributed by atoms with Crippen molar-refractivity contribution in [2.45, 2.75) is 52.9 Å². The summed E-state index contributed by atoms with van der Waals surface area (Å²) in [5.74, 6) is 0.0467. The van der Waals surface area contributed by atoms with Crippen LogP contribution in [-0.4, -0.2) is 18.5 Å². The lowest BCUT2D eigenvalue weighted by atomic mass is 10.1. The van der Waals surface area contributed by atoms with E-state index in [1.165, 1.54) is 31.3 Å². The third kappa shape index (κ3) is 7.06. The first-order chi connectivity index (χ1) is 7.11. The number of aliphatic imine (C=N–C) groups is 1. The van der Waals surface area contributed by atoms with Gasteiger partial charge < -0.3 is 0 Å². The molecule has 2 nitrogen and oxygen atoms in total. The summed E-state index contributed by atoms with van der Waals surface area (Å²) in [6.45, 7) is 5.84. The van der Waals surface area contributed by atoms with Gasteiger partial charge in [0.1, 0.15) is 0 Å². The van der Waals surface area contributed by atoms with Crippen LogP contribution in [0, 0.1) is 0 Å². The first-order valence-electron chi connectivity index (χ1n) is 5.76. The molecule has 86 valence electrons. The second-order valence-corrected chi connectivity index (χ2v) is 3.97. The van der Waals surface area contributed by atoms with Crippen LogP contribution in [0.4, 0.5) is 0 Å². The second kappa shape index (κ2) is 8.39. The highest BCUT2D eigenvalue weighted by atomic mass is 16.1. The largest absolute Gasteiger partial charge is 0.293 e. The first-order valence-corrected chi connectivity index (χ1v) is 5.76. The normalized spacial score (nSPS) is 13.1. The van der Waals surface area contributed by atoms with Crippen LogP contribution < -0.4 is 0 Å². The standard InChI is InChI=1S/C13H23NO/c1-5-6-7-8-9-11(2)10-13(14-4)12(3)15/h10H,5-9H2,1-4H3/b11-10+,14-13?. The van der Waals surface area contributed by atoms with Crippen LogP contribution in [0.2, 0.25) is 0 Å². The van der Waals surface area contributed by atoms with Gasteiger partial charge in [-0.1, -0.05) is 31.8 Å². The Labute approximate surface area is 93.5 Å². The summed E-state index contributed by atoms with van der Waals surface area (Å²) >= 11 is 0. The Morgan fingerprint density at radius 3 is 2.33 bits per heavy atom. The molecule has 2 heteroatoms. The zero-order valence-corrected chi connectivity index (χ0v) is 10.5. The van der Waals surface area contributed by atoms with Crippen LogP contribution in [0.3, 0.4) is 0 Å². The molecule has 0 bridgehead atoms. The zero-order chi connectivity index (χ0) is 11.7. The van der Waals surface area contributed by atoms with Gasteiger partial charge in [0.05, 0.1) is 5.71 Å². The molecule has 0 aliphatic rings. The van der Waals surface area contributed by atoms with E-state index in [0.717, 1.165) is 6.42 Å². The van der Waals surface area contributed by atoms with Gasteiger partial charge in [0.25, 0.3) is 0 Å². The first kappa shape index (κ1) is 14.1. The minimum absolute atomic E-state index is 0.0467. The highest BCUT2D eigenvalue weighted by Crippen LogP contribution is 2.09. The molecular weight excluding hydrogens is 186 g/mol. The average molecular weight is 209 g/mol.